The predicted octanol–water partition coefficient (Wildman–Crippen LogP) is 2.20. The maximum atomic E-state index is 10.4. The second kappa shape index (κ2) is 5.39. The highest BCUT2D eigenvalue weighted by atomic mass is 16.7. The van der Waals surface area contributed by atoms with Gasteiger partial charge in [-0.1, -0.05) is 25.3 Å². The number of aliphatic hydroxyl groups is 1. The molecule has 0 spiro atoms. The Morgan fingerprint density at radius 1 is 1.11 bits per heavy atom. The van der Waals surface area contributed by atoms with Crippen molar-refractivity contribution >= 4 is 0 Å². The summed E-state index contributed by atoms with van der Waals surface area (Å²) in [6.45, 7) is 1.73. The van der Waals surface area contributed by atoms with Gasteiger partial charge in [0.05, 0.1) is 5.60 Å². The molecule has 1 saturated carbocycles. The van der Waals surface area contributed by atoms with Crippen molar-refractivity contribution in [1.29, 1.82) is 0 Å². The van der Waals surface area contributed by atoms with Gasteiger partial charge < -0.3 is 19.9 Å². The normalized spacial score (nSPS) is 20.5. The average Bonchev–Trinajstić information content (AvgIpc) is 2.87. The molecular formula is C15H21NO3. The van der Waals surface area contributed by atoms with E-state index in [1.54, 1.807) is 0 Å². The Labute approximate surface area is 113 Å². The van der Waals surface area contributed by atoms with Gasteiger partial charge in [-0.25, -0.2) is 0 Å². The maximum Gasteiger partial charge on any atom is 0.231 e. The van der Waals surface area contributed by atoms with Crippen LogP contribution < -0.4 is 14.8 Å². The van der Waals surface area contributed by atoms with E-state index in [1.165, 1.54) is 6.42 Å². The minimum Gasteiger partial charge on any atom is -0.454 e. The van der Waals surface area contributed by atoms with Crippen molar-refractivity contribution in [1.82, 2.24) is 5.32 Å². The highest BCUT2D eigenvalue weighted by molar-refractivity contribution is 5.44. The molecule has 1 aromatic rings. The summed E-state index contributed by atoms with van der Waals surface area (Å²) in [4.78, 5) is 0. The minimum absolute atomic E-state index is 0.311. The van der Waals surface area contributed by atoms with Crippen LogP contribution in [0.4, 0.5) is 0 Å². The lowest BCUT2D eigenvalue weighted by Gasteiger charge is -2.32. The van der Waals surface area contributed by atoms with Crippen molar-refractivity contribution in [2.75, 3.05) is 13.3 Å². The number of hydrogen-bond acceptors (Lipinski definition) is 4. The lowest BCUT2D eigenvalue weighted by molar-refractivity contribution is 0.00467. The lowest BCUT2D eigenvalue weighted by Crippen LogP contribution is -2.41. The van der Waals surface area contributed by atoms with Crippen molar-refractivity contribution < 1.29 is 14.6 Å². The van der Waals surface area contributed by atoms with Crippen LogP contribution in [0, 0.1) is 0 Å². The Bertz CT molecular complexity index is 441. The highest BCUT2D eigenvalue weighted by Gasteiger charge is 2.28. The van der Waals surface area contributed by atoms with Crippen LogP contribution in [-0.2, 0) is 6.54 Å². The van der Waals surface area contributed by atoms with E-state index in [9.17, 15) is 5.11 Å². The molecular weight excluding hydrogens is 242 g/mol. The Morgan fingerprint density at radius 2 is 1.89 bits per heavy atom. The third-order valence-corrected chi connectivity index (χ3v) is 4.00. The van der Waals surface area contributed by atoms with Gasteiger partial charge in [0.2, 0.25) is 6.79 Å². The van der Waals surface area contributed by atoms with E-state index in [-0.39, 0.29) is 0 Å². The molecule has 104 valence electrons. The van der Waals surface area contributed by atoms with Crippen LogP contribution in [-0.4, -0.2) is 24.0 Å². The molecule has 2 N–H and O–H groups in total. The average molecular weight is 263 g/mol. The number of nitrogens with one attached hydrogen (secondary N) is 1. The molecule has 2 aliphatic rings. The molecule has 1 aliphatic heterocycles. The van der Waals surface area contributed by atoms with E-state index < -0.39 is 5.60 Å². The maximum absolute atomic E-state index is 10.4. The third-order valence-electron chi connectivity index (χ3n) is 4.00. The van der Waals surface area contributed by atoms with Crippen molar-refractivity contribution in [2.24, 2.45) is 0 Å². The molecule has 4 nitrogen and oxygen atoms in total. The van der Waals surface area contributed by atoms with Gasteiger partial charge in [0.25, 0.3) is 0 Å². The van der Waals surface area contributed by atoms with Gasteiger partial charge >= 0.3 is 0 Å². The first kappa shape index (κ1) is 12.8. The number of benzene rings is 1. The SMILES string of the molecule is OC1(CNCc2ccc3c(c2)OCO3)CCCCC1. The van der Waals surface area contributed by atoms with Crippen LogP contribution in [0.15, 0.2) is 18.2 Å². The predicted molar refractivity (Wildman–Crippen MR) is 72.3 cm³/mol. The molecule has 1 heterocycles. The van der Waals surface area contributed by atoms with Crippen molar-refractivity contribution in [2.45, 2.75) is 44.2 Å². The van der Waals surface area contributed by atoms with E-state index in [4.69, 9.17) is 9.47 Å². The monoisotopic (exact) mass is 263 g/mol. The van der Waals surface area contributed by atoms with E-state index in [1.807, 2.05) is 18.2 Å². The summed E-state index contributed by atoms with van der Waals surface area (Å²) in [5.74, 6) is 1.63. The van der Waals surface area contributed by atoms with E-state index >= 15 is 0 Å². The summed E-state index contributed by atoms with van der Waals surface area (Å²) in [6.07, 6.45) is 5.37. The molecule has 1 aromatic carbocycles. The zero-order valence-electron chi connectivity index (χ0n) is 11.2. The summed E-state index contributed by atoms with van der Waals surface area (Å²) in [5, 5.41) is 13.8. The van der Waals surface area contributed by atoms with Crippen LogP contribution in [0.5, 0.6) is 11.5 Å². The molecule has 3 rings (SSSR count). The topological polar surface area (TPSA) is 50.7 Å². The fourth-order valence-corrected chi connectivity index (χ4v) is 2.88. The van der Waals surface area contributed by atoms with Gasteiger partial charge in [0.1, 0.15) is 0 Å². The summed E-state index contributed by atoms with van der Waals surface area (Å²) in [5.41, 5.74) is 0.651. The fourth-order valence-electron chi connectivity index (χ4n) is 2.88. The van der Waals surface area contributed by atoms with Crippen molar-refractivity contribution in [3.63, 3.8) is 0 Å². The number of ether oxygens (including phenoxy) is 2. The number of rotatable bonds is 4. The summed E-state index contributed by atoms with van der Waals surface area (Å²) >= 11 is 0. The zero-order chi connectivity index (χ0) is 13.1. The van der Waals surface area contributed by atoms with Gasteiger partial charge in [0.15, 0.2) is 11.5 Å². The quantitative estimate of drug-likeness (QED) is 0.874. The first-order valence-corrected chi connectivity index (χ1v) is 7.07. The van der Waals surface area contributed by atoms with Crippen LogP contribution >= 0.6 is 0 Å². The molecule has 4 heteroatoms. The second-order valence-electron chi connectivity index (χ2n) is 5.58. The van der Waals surface area contributed by atoms with Crippen LogP contribution in [0.2, 0.25) is 0 Å². The third kappa shape index (κ3) is 3.01. The first-order chi connectivity index (χ1) is 9.25. The molecule has 0 amide bonds. The molecule has 0 aromatic heterocycles. The van der Waals surface area contributed by atoms with Crippen molar-refractivity contribution in [3.8, 4) is 11.5 Å². The smallest absolute Gasteiger partial charge is 0.231 e. The van der Waals surface area contributed by atoms with Crippen molar-refractivity contribution in [3.05, 3.63) is 23.8 Å². The van der Waals surface area contributed by atoms with Gasteiger partial charge in [-0.2, -0.15) is 0 Å². The van der Waals surface area contributed by atoms with Gasteiger partial charge in [-0.3, -0.25) is 0 Å². The van der Waals surface area contributed by atoms with E-state index in [0.29, 0.717) is 13.3 Å². The van der Waals surface area contributed by atoms with Crippen LogP contribution in [0.25, 0.3) is 0 Å². The zero-order valence-corrected chi connectivity index (χ0v) is 11.2. The van der Waals surface area contributed by atoms with Crippen LogP contribution in [0.1, 0.15) is 37.7 Å². The number of hydrogen-bond donors (Lipinski definition) is 2. The Hall–Kier alpha value is -1.26. The summed E-state index contributed by atoms with van der Waals surface area (Å²) < 4.78 is 10.6. The molecule has 0 atom stereocenters. The van der Waals surface area contributed by atoms with Gasteiger partial charge in [0, 0.05) is 13.1 Å². The second-order valence-corrected chi connectivity index (χ2v) is 5.58. The molecule has 0 bridgehead atoms. The first-order valence-electron chi connectivity index (χ1n) is 7.07. The Morgan fingerprint density at radius 3 is 2.74 bits per heavy atom. The Kier molecular flexibility index (Phi) is 3.62. The minimum atomic E-state index is -0.505. The number of fused-ring (bicyclic) bond motifs is 1. The van der Waals surface area contributed by atoms with E-state index in [0.717, 1.165) is 49.3 Å². The highest BCUT2D eigenvalue weighted by Crippen LogP contribution is 2.32. The van der Waals surface area contributed by atoms with E-state index in [2.05, 4.69) is 5.32 Å². The summed E-state index contributed by atoms with van der Waals surface area (Å²) in [6, 6.07) is 5.97. The lowest BCUT2D eigenvalue weighted by atomic mass is 9.85. The van der Waals surface area contributed by atoms with Crippen LogP contribution in [0.3, 0.4) is 0 Å². The van der Waals surface area contributed by atoms with Gasteiger partial charge in [-0.15, -0.1) is 0 Å². The molecule has 0 saturated heterocycles. The van der Waals surface area contributed by atoms with Gasteiger partial charge in [-0.05, 0) is 30.5 Å². The standard InChI is InChI=1S/C15H21NO3/c17-15(6-2-1-3-7-15)10-16-9-12-4-5-13-14(8-12)19-11-18-13/h4-5,8,16-17H,1-3,6-7,9-11H2. The largest absolute Gasteiger partial charge is 0.454 e. The molecule has 19 heavy (non-hydrogen) atoms. The molecule has 0 radical (unpaired) electrons. The molecule has 0 unspecified atom stereocenters. The Balaban J connectivity index is 1.52. The summed E-state index contributed by atoms with van der Waals surface area (Å²) in [7, 11) is 0. The fraction of sp³-hybridized carbons (Fsp3) is 0.600. The molecule has 1 fully saturated rings. The molecule has 1 aliphatic carbocycles.